The van der Waals surface area contributed by atoms with Gasteiger partial charge in [0.05, 0.1) is 4.88 Å². The van der Waals surface area contributed by atoms with Gasteiger partial charge in [-0.05, 0) is 30.4 Å². The van der Waals surface area contributed by atoms with E-state index in [2.05, 4.69) is 10.4 Å². The molecule has 3 rings (SSSR count). The van der Waals surface area contributed by atoms with Crippen molar-refractivity contribution in [2.24, 2.45) is 0 Å². The van der Waals surface area contributed by atoms with E-state index in [1.165, 1.54) is 4.68 Å². The van der Waals surface area contributed by atoms with Crippen molar-refractivity contribution in [1.29, 1.82) is 0 Å². The van der Waals surface area contributed by atoms with E-state index in [0.717, 1.165) is 16.1 Å². The highest BCUT2D eigenvalue weighted by molar-refractivity contribution is 7.13. The smallest absolute Gasteiger partial charge is 0.260 e. The van der Waals surface area contributed by atoms with Crippen molar-refractivity contribution in [1.82, 2.24) is 9.78 Å². The molecule has 1 aliphatic rings. The van der Waals surface area contributed by atoms with E-state index in [0.29, 0.717) is 18.8 Å². The summed E-state index contributed by atoms with van der Waals surface area (Å²) in [6, 6.07) is 3.05. The van der Waals surface area contributed by atoms with Crippen LogP contribution in [0.25, 0.3) is 10.6 Å². The molecule has 0 saturated heterocycles. The Morgan fingerprint density at radius 3 is 3.06 bits per heavy atom. The minimum atomic E-state index is -2.37. The number of aromatic nitrogens is 2. The van der Waals surface area contributed by atoms with Crippen molar-refractivity contribution in [3.8, 4) is 10.6 Å². The van der Waals surface area contributed by atoms with Gasteiger partial charge in [-0.1, -0.05) is 0 Å². The summed E-state index contributed by atoms with van der Waals surface area (Å²) in [6.45, 7) is 2.58. The van der Waals surface area contributed by atoms with Crippen molar-refractivity contribution in [2.75, 3.05) is 11.9 Å². The van der Waals surface area contributed by atoms with Gasteiger partial charge in [-0.3, -0.25) is 0 Å². The number of fused-ring (bicyclic) bond motifs is 1. The van der Waals surface area contributed by atoms with Crippen LogP contribution in [0, 0.1) is 6.92 Å². The lowest BCUT2D eigenvalue weighted by molar-refractivity contribution is 0.0716. The Balaban J connectivity index is 2.04. The zero-order valence-corrected chi connectivity index (χ0v) is 10.7. The molecule has 1 atom stereocenters. The average Bonchev–Trinajstić information content (AvgIpc) is 2.92. The van der Waals surface area contributed by atoms with E-state index in [9.17, 15) is 8.78 Å². The van der Waals surface area contributed by atoms with Crippen LogP contribution >= 0.6 is 11.3 Å². The lowest BCUT2D eigenvalue weighted by Gasteiger charge is -2.24. The number of halogens is 2. The van der Waals surface area contributed by atoms with Crippen LogP contribution in [0.1, 0.15) is 18.0 Å². The molecule has 3 heterocycles. The van der Waals surface area contributed by atoms with Crippen LogP contribution in [0.15, 0.2) is 17.5 Å². The number of rotatable bonds is 2. The monoisotopic (exact) mass is 269 g/mol. The largest absolute Gasteiger partial charge is 0.370 e. The number of hydrogen-bond donors (Lipinski definition) is 1. The first-order valence-corrected chi connectivity index (χ1v) is 6.71. The zero-order valence-electron chi connectivity index (χ0n) is 9.86. The van der Waals surface area contributed by atoms with Gasteiger partial charge in [0.2, 0.25) is 0 Å². The maximum absolute atomic E-state index is 12.9. The van der Waals surface area contributed by atoms with Gasteiger partial charge in [0.15, 0.2) is 0 Å². The van der Waals surface area contributed by atoms with Crippen molar-refractivity contribution in [2.45, 2.75) is 25.8 Å². The summed E-state index contributed by atoms with van der Waals surface area (Å²) < 4.78 is 27.3. The van der Waals surface area contributed by atoms with Gasteiger partial charge in [-0.15, -0.1) is 11.3 Å². The summed E-state index contributed by atoms with van der Waals surface area (Å²) in [5, 5.41) is 9.45. The summed E-state index contributed by atoms with van der Waals surface area (Å²) in [4.78, 5) is 1.05. The van der Waals surface area contributed by atoms with E-state index in [4.69, 9.17) is 0 Å². The predicted molar refractivity (Wildman–Crippen MR) is 68.4 cm³/mol. The Labute approximate surface area is 107 Å². The molecule has 0 bridgehead atoms. The van der Waals surface area contributed by atoms with Crippen LogP contribution < -0.4 is 5.32 Å². The molecule has 2 aromatic rings. The Bertz CT molecular complexity index is 561. The maximum atomic E-state index is 12.9. The third-order valence-corrected chi connectivity index (χ3v) is 4.22. The third kappa shape index (κ3) is 1.80. The Hall–Kier alpha value is -1.43. The molecule has 0 spiro atoms. The first-order valence-electron chi connectivity index (χ1n) is 5.83. The summed E-state index contributed by atoms with van der Waals surface area (Å²) in [6.07, 6.45) is -1.96. The molecule has 0 radical (unpaired) electrons. The Morgan fingerprint density at radius 1 is 1.56 bits per heavy atom. The second-order valence-electron chi connectivity index (χ2n) is 4.41. The molecule has 96 valence electrons. The third-order valence-electron chi connectivity index (χ3n) is 3.18. The normalized spacial score (nSPS) is 18.8. The van der Waals surface area contributed by atoms with E-state index in [1.54, 1.807) is 11.3 Å². The Kier molecular flexibility index (Phi) is 2.81. The minimum Gasteiger partial charge on any atom is -0.370 e. The summed E-state index contributed by atoms with van der Waals surface area (Å²) >= 11 is 1.58. The first-order chi connectivity index (χ1) is 8.66. The van der Waals surface area contributed by atoms with Gasteiger partial charge in [0, 0.05) is 12.6 Å². The molecule has 0 aromatic carbocycles. The maximum Gasteiger partial charge on any atom is 0.260 e. The van der Waals surface area contributed by atoms with Crippen molar-refractivity contribution < 1.29 is 8.78 Å². The Morgan fingerprint density at radius 2 is 2.39 bits per heavy atom. The second kappa shape index (κ2) is 4.35. The number of nitrogens with zero attached hydrogens (tertiary/aromatic N) is 2. The zero-order chi connectivity index (χ0) is 12.7. The highest BCUT2D eigenvalue weighted by Gasteiger charge is 2.29. The second-order valence-corrected chi connectivity index (χ2v) is 5.33. The molecule has 1 N–H and O–H groups in total. The molecular weight excluding hydrogens is 256 g/mol. The topological polar surface area (TPSA) is 29.9 Å². The van der Waals surface area contributed by atoms with E-state index in [-0.39, 0.29) is 0 Å². The van der Waals surface area contributed by atoms with Crippen LogP contribution in [-0.4, -0.2) is 22.8 Å². The number of aryl methyl sites for hydroxylation is 1. The van der Waals surface area contributed by atoms with Crippen molar-refractivity contribution in [3.63, 3.8) is 0 Å². The molecule has 0 fully saturated rings. The van der Waals surface area contributed by atoms with Crippen molar-refractivity contribution in [3.05, 3.63) is 23.1 Å². The predicted octanol–water partition coefficient (Wildman–Crippen LogP) is 3.54. The van der Waals surface area contributed by atoms with Gasteiger partial charge in [-0.25, -0.2) is 13.5 Å². The molecule has 0 aliphatic carbocycles. The summed E-state index contributed by atoms with van der Waals surface area (Å²) in [5.74, 6) is 0.689. The standard InChI is InChI=1S/C12H13F2N3S/c1-7-3-5-18-11(7)8-6-10-15-4-2-9(12(13)14)17(10)16-8/h3,5-6,9,12,15H,2,4H2,1H3. The van der Waals surface area contributed by atoms with Crippen LogP contribution in [0.2, 0.25) is 0 Å². The SMILES string of the molecule is Cc1ccsc1-c1cc2n(n1)C(C(F)F)CCN2. The van der Waals surface area contributed by atoms with Crippen LogP contribution in [-0.2, 0) is 0 Å². The number of thiophene rings is 1. The minimum absolute atomic E-state index is 0.412. The van der Waals surface area contributed by atoms with Gasteiger partial charge >= 0.3 is 0 Å². The van der Waals surface area contributed by atoms with Crippen LogP contribution in [0.4, 0.5) is 14.6 Å². The lowest BCUT2D eigenvalue weighted by atomic mass is 10.2. The highest BCUT2D eigenvalue weighted by atomic mass is 32.1. The molecule has 0 amide bonds. The highest BCUT2D eigenvalue weighted by Crippen LogP contribution is 2.34. The van der Waals surface area contributed by atoms with Gasteiger partial charge < -0.3 is 5.32 Å². The van der Waals surface area contributed by atoms with E-state index >= 15 is 0 Å². The molecule has 6 heteroatoms. The fourth-order valence-corrected chi connectivity index (χ4v) is 3.11. The summed E-state index contributed by atoms with van der Waals surface area (Å²) in [5.41, 5.74) is 1.90. The molecule has 18 heavy (non-hydrogen) atoms. The van der Waals surface area contributed by atoms with Crippen LogP contribution in [0.5, 0.6) is 0 Å². The molecule has 0 saturated carbocycles. The molecule has 3 nitrogen and oxygen atoms in total. The molecule has 1 unspecified atom stereocenters. The average molecular weight is 269 g/mol. The number of alkyl halides is 2. The van der Waals surface area contributed by atoms with E-state index in [1.807, 2.05) is 24.4 Å². The fraction of sp³-hybridized carbons (Fsp3) is 0.417. The molecular formula is C12H13F2N3S. The van der Waals surface area contributed by atoms with Gasteiger partial charge in [0.1, 0.15) is 17.6 Å². The first kappa shape index (κ1) is 11.6. The summed E-state index contributed by atoms with van der Waals surface area (Å²) in [7, 11) is 0. The lowest BCUT2D eigenvalue weighted by Crippen LogP contribution is -2.28. The van der Waals surface area contributed by atoms with E-state index < -0.39 is 12.5 Å². The number of anilines is 1. The van der Waals surface area contributed by atoms with Gasteiger partial charge in [0.25, 0.3) is 6.43 Å². The van der Waals surface area contributed by atoms with Crippen LogP contribution in [0.3, 0.4) is 0 Å². The molecule has 2 aromatic heterocycles. The number of hydrogen-bond acceptors (Lipinski definition) is 3. The van der Waals surface area contributed by atoms with Crippen molar-refractivity contribution >= 4 is 17.2 Å². The number of nitrogens with one attached hydrogen (secondary N) is 1. The quantitative estimate of drug-likeness (QED) is 0.903. The van der Waals surface area contributed by atoms with Gasteiger partial charge in [-0.2, -0.15) is 5.10 Å². The molecule has 1 aliphatic heterocycles. The fourth-order valence-electron chi connectivity index (χ4n) is 2.23.